The number of thiazole rings is 1. The van der Waals surface area contributed by atoms with Crippen LogP contribution in [0.1, 0.15) is 35.0 Å². The van der Waals surface area contributed by atoms with Gasteiger partial charge in [-0.2, -0.15) is 5.26 Å². The lowest BCUT2D eigenvalue weighted by atomic mass is 9.88. The smallest absolute Gasteiger partial charge is 0.341 e. The highest BCUT2D eigenvalue weighted by Crippen LogP contribution is 2.39. The summed E-state index contributed by atoms with van der Waals surface area (Å²) in [6.45, 7) is 1.81. The summed E-state index contributed by atoms with van der Waals surface area (Å²) in [6, 6.07) is 13.4. The predicted octanol–water partition coefficient (Wildman–Crippen LogP) is 5.05. The summed E-state index contributed by atoms with van der Waals surface area (Å²) in [4.78, 5) is 20.9. The number of hydrogen-bond donors (Lipinski definition) is 2. The molecule has 2 N–H and O–H groups in total. The topological polar surface area (TPSA) is 98.4 Å². The molecule has 0 spiro atoms. The second-order valence-corrected chi connectivity index (χ2v) is 7.93. The van der Waals surface area contributed by atoms with Crippen LogP contribution >= 0.6 is 22.9 Å². The average molecular weight is 423 g/mol. The number of halogens is 1. The van der Waals surface area contributed by atoms with E-state index in [1.807, 2.05) is 17.5 Å². The maximum absolute atomic E-state index is 12.0. The maximum Gasteiger partial charge on any atom is 0.341 e. The highest BCUT2D eigenvalue weighted by molar-refractivity contribution is 7.10. The van der Waals surface area contributed by atoms with Gasteiger partial charge in [0.15, 0.2) is 0 Å². The molecule has 0 fully saturated rings. The van der Waals surface area contributed by atoms with Crippen molar-refractivity contribution in [3.8, 4) is 23.1 Å². The fraction of sp³-hybridized carbons (Fsp3) is 0.143. The van der Waals surface area contributed by atoms with Gasteiger partial charge in [-0.3, -0.25) is 0 Å². The molecule has 0 saturated carbocycles. The summed E-state index contributed by atoms with van der Waals surface area (Å²) < 4.78 is 0. The number of carbonyl (C=O) groups is 1. The first kappa shape index (κ1) is 19.1. The molecule has 4 rings (SSSR count). The van der Waals surface area contributed by atoms with Crippen molar-refractivity contribution < 1.29 is 9.90 Å². The standard InChI is InChI=1S/C21H15ClN4O2S/c1-11-18(19(26-21(28)24-11)14-6-7-17(27)15(22)8-14)20-25-16(10-29-20)13-4-2-12(9-23)3-5-13/h2-8,10,18-19,27H,1H3,(H,26,28). The van der Waals surface area contributed by atoms with Crippen LogP contribution in [-0.4, -0.2) is 21.8 Å². The van der Waals surface area contributed by atoms with Gasteiger partial charge in [0.05, 0.1) is 34.3 Å². The lowest BCUT2D eigenvalue weighted by molar-refractivity contribution is 0.243. The van der Waals surface area contributed by atoms with Gasteiger partial charge in [-0.05, 0) is 36.8 Å². The van der Waals surface area contributed by atoms with Crippen molar-refractivity contribution in [3.05, 3.63) is 69.0 Å². The molecule has 3 aromatic rings. The minimum Gasteiger partial charge on any atom is -0.506 e. The highest BCUT2D eigenvalue weighted by atomic mass is 35.5. The zero-order valence-corrected chi connectivity index (χ0v) is 16.8. The third-order valence-corrected chi connectivity index (χ3v) is 6.00. The van der Waals surface area contributed by atoms with Crippen molar-refractivity contribution in [2.75, 3.05) is 0 Å². The number of benzene rings is 2. The average Bonchev–Trinajstić information content (AvgIpc) is 3.19. The number of aromatic nitrogens is 1. The number of rotatable bonds is 3. The second kappa shape index (κ2) is 7.66. The van der Waals surface area contributed by atoms with Crippen molar-refractivity contribution in [3.63, 3.8) is 0 Å². The van der Waals surface area contributed by atoms with Crippen molar-refractivity contribution in [2.45, 2.75) is 18.9 Å². The molecule has 6 nitrogen and oxygen atoms in total. The molecule has 1 aliphatic heterocycles. The van der Waals surface area contributed by atoms with Gasteiger partial charge < -0.3 is 10.4 Å². The SMILES string of the molecule is CC1=NC(=O)NC(c2ccc(O)c(Cl)c2)C1c1nc(-c2ccc(C#N)cc2)cs1. The van der Waals surface area contributed by atoms with Gasteiger partial charge in [-0.1, -0.05) is 29.8 Å². The summed E-state index contributed by atoms with van der Waals surface area (Å²) in [5.74, 6) is -0.276. The van der Waals surface area contributed by atoms with Crippen LogP contribution in [-0.2, 0) is 0 Å². The van der Waals surface area contributed by atoms with E-state index in [0.29, 0.717) is 11.3 Å². The largest absolute Gasteiger partial charge is 0.506 e. The van der Waals surface area contributed by atoms with Crippen LogP contribution in [0.15, 0.2) is 52.8 Å². The number of hydrogen-bond acceptors (Lipinski definition) is 5. The predicted molar refractivity (Wildman–Crippen MR) is 113 cm³/mol. The Labute approximate surface area is 176 Å². The second-order valence-electron chi connectivity index (χ2n) is 6.63. The summed E-state index contributed by atoms with van der Waals surface area (Å²) in [5.41, 5.74) is 3.71. The number of nitrogens with zero attached hydrogens (tertiary/aromatic N) is 3. The number of nitrogens with one attached hydrogen (secondary N) is 1. The van der Waals surface area contributed by atoms with E-state index >= 15 is 0 Å². The molecule has 2 aromatic carbocycles. The fourth-order valence-corrected chi connectivity index (χ4v) is 4.53. The van der Waals surface area contributed by atoms with Crippen LogP contribution in [0.3, 0.4) is 0 Å². The Kier molecular flexibility index (Phi) is 5.05. The van der Waals surface area contributed by atoms with Crippen LogP contribution in [0.2, 0.25) is 5.02 Å². The van der Waals surface area contributed by atoms with E-state index in [-0.39, 0.29) is 16.7 Å². The molecule has 2 heterocycles. The molecule has 0 radical (unpaired) electrons. The van der Waals surface area contributed by atoms with Gasteiger partial charge in [0, 0.05) is 16.7 Å². The molecule has 1 aliphatic rings. The van der Waals surface area contributed by atoms with Crippen LogP contribution in [0.25, 0.3) is 11.3 Å². The van der Waals surface area contributed by atoms with E-state index in [0.717, 1.165) is 21.8 Å². The van der Waals surface area contributed by atoms with Crippen molar-refractivity contribution in [1.82, 2.24) is 10.3 Å². The third-order valence-electron chi connectivity index (χ3n) is 4.77. The third kappa shape index (κ3) is 3.73. The molecule has 2 amide bonds. The summed E-state index contributed by atoms with van der Waals surface area (Å²) in [5, 5.41) is 24.5. The lowest BCUT2D eigenvalue weighted by Gasteiger charge is -2.30. The first-order valence-electron chi connectivity index (χ1n) is 8.76. The van der Waals surface area contributed by atoms with Crippen molar-refractivity contribution >= 4 is 34.7 Å². The van der Waals surface area contributed by atoms with E-state index < -0.39 is 12.1 Å². The van der Waals surface area contributed by atoms with Gasteiger partial charge in [0.2, 0.25) is 0 Å². The number of phenols is 1. The molecule has 8 heteroatoms. The minimum absolute atomic E-state index is 0.0168. The quantitative estimate of drug-likeness (QED) is 0.616. The first-order chi connectivity index (χ1) is 14.0. The Bertz CT molecular complexity index is 1160. The number of urea groups is 1. The number of carbonyl (C=O) groups excluding carboxylic acids is 1. The molecule has 0 bridgehead atoms. The minimum atomic E-state index is -0.420. The molecule has 2 atom stereocenters. The van der Waals surface area contributed by atoms with Gasteiger partial charge in [-0.25, -0.2) is 14.8 Å². The van der Waals surface area contributed by atoms with Gasteiger partial charge >= 0.3 is 6.03 Å². The molecule has 29 heavy (non-hydrogen) atoms. The number of nitriles is 1. The Balaban J connectivity index is 1.73. The fourth-order valence-electron chi connectivity index (χ4n) is 3.31. The van der Waals surface area contributed by atoms with E-state index in [1.165, 1.54) is 17.4 Å². The number of aromatic hydroxyl groups is 1. The Morgan fingerprint density at radius 3 is 2.69 bits per heavy atom. The maximum atomic E-state index is 12.0. The molecule has 0 aliphatic carbocycles. The number of amides is 2. The highest BCUT2D eigenvalue weighted by Gasteiger charge is 2.35. The number of phenolic OH excluding ortho intramolecular Hbond substituents is 1. The van der Waals surface area contributed by atoms with Gasteiger partial charge in [0.25, 0.3) is 0 Å². The summed E-state index contributed by atoms with van der Waals surface area (Å²) >= 11 is 7.56. The molecular formula is C21H15ClN4O2S. The van der Waals surface area contributed by atoms with E-state index in [1.54, 1.807) is 31.2 Å². The molecular weight excluding hydrogens is 408 g/mol. The van der Waals surface area contributed by atoms with Crippen LogP contribution in [0.5, 0.6) is 5.75 Å². The number of aliphatic imine (C=N–C) groups is 1. The lowest BCUT2D eigenvalue weighted by Crippen LogP contribution is -2.38. The zero-order chi connectivity index (χ0) is 20.5. The van der Waals surface area contributed by atoms with E-state index in [2.05, 4.69) is 16.4 Å². The van der Waals surface area contributed by atoms with Crippen LogP contribution in [0.4, 0.5) is 4.79 Å². The Morgan fingerprint density at radius 1 is 1.24 bits per heavy atom. The van der Waals surface area contributed by atoms with E-state index in [4.69, 9.17) is 21.8 Å². The summed E-state index contributed by atoms with van der Waals surface area (Å²) in [6.07, 6.45) is 0. The molecule has 1 aromatic heterocycles. The summed E-state index contributed by atoms with van der Waals surface area (Å²) in [7, 11) is 0. The Morgan fingerprint density at radius 2 is 2.00 bits per heavy atom. The van der Waals surface area contributed by atoms with E-state index in [9.17, 15) is 9.90 Å². The Hall–Kier alpha value is -3.21. The van der Waals surface area contributed by atoms with Crippen molar-refractivity contribution in [2.24, 2.45) is 4.99 Å². The van der Waals surface area contributed by atoms with Crippen LogP contribution < -0.4 is 5.32 Å². The molecule has 144 valence electrons. The zero-order valence-electron chi connectivity index (χ0n) is 15.3. The normalized spacial score (nSPS) is 18.7. The van der Waals surface area contributed by atoms with Crippen molar-refractivity contribution in [1.29, 1.82) is 5.26 Å². The molecule has 2 unspecified atom stereocenters. The monoisotopic (exact) mass is 422 g/mol. The van der Waals surface area contributed by atoms with Gasteiger partial charge in [-0.15, -0.1) is 11.3 Å². The van der Waals surface area contributed by atoms with Crippen LogP contribution in [0, 0.1) is 11.3 Å². The first-order valence-corrected chi connectivity index (χ1v) is 10.0. The van der Waals surface area contributed by atoms with Gasteiger partial charge in [0.1, 0.15) is 10.8 Å². The molecule has 0 saturated heterocycles.